The van der Waals surface area contributed by atoms with Gasteiger partial charge in [0.1, 0.15) is 5.82 Å². The van der Waals surface area contributed by atoms with Crippen LogP contribution in [-0.2, 0) is 10.2 Å². The highest BCUT2D eigenvalue weighted by Crippen LogP contribution is 2.26. The van der Waals surface area contributed by atoms with Crippen LogP contribution in [-0.4, -0.2) is 41.9 Å². The quantitative estimate of drug-likeness (QED) is 0.908. The number of anilines is 1. The van der Waals surface area contributed by atoms with E-state index in [1.54, 1.807) is 12.1 Å². The van der Waals surface area contributed by atoms with E-state index in [1.165, 1.54) is 0 Å². The molecule has 116 valence electrons. The zero-order chi connectivity index (χ0) is 15.6. The van der Waals surface area contributed by atoms with Gasteiger partial charge in [-0.2, -0.15) is 0 Å². The molecule has 2 heterocycles. The first-order chi connectivity index (χ1) is 9.77. The summed E-state index contributed by atoms with van der Waals surface area (Å²) in [6, 6.07) is 3.33. The molecule has 0 radical (unpaired) electrons. The third-order valence-electron chi connectivity index (χ3n) is 3.60. The van der Waals surface area contributed by atoms with Gasteiger partial charge in [0.25, 0.3) is 0 Å². The maximum Gasteiger partial charge on any atom is 0.335 e. The molecule has 0 aliphatic carbocycles. The van der Waals surface area contributed by atoms with Gasteiger partial charge in [-0.15, -0.1) is 0 Å². The Balaban J connectivity index is 2.41. The van der Waals surface area contributed by atoms with Crippen molar-refractivity contribution in [1.29, 1.82) is 0 Å². The van der Waals surface area contributed by atoms with E-state index in [-0.39, 0.29) is 11.5 Å². The predicted octanol–water partition coefficient (Wildman–Crippen LogP) is 2.69. The summed E-state index contributed by atoms with van der Waals surface area (Å²) in [5, 5.41) is 9.33. The van der Waals surface area contributed by atoms with Crippen LogP contribution in [0, 0.1) is 0 Å². The average Bonchev–Trinajstić information content (AvgIpc) is 2.62. The van der Waals surface area contributed by atoms with E-state index in [4.69, 9.17) is 9.72 Å². The summed E-state index contributed by atoms with van der Waals surface area (Å²) in [5.74, 6) is -0.180. The third kappa shape index (κ3) is 3.94. The van der Waals surface area contributed by atoms with Crippen molar-refractivity contribution in [2.75, 3.05) is 24.6 Å². The van der Waals surface area contributed by atoms with Gasteiger partial charge in [-0.1, -0.05) is 20.8 Å². The highest BCUT2D eigenvalue weighted by molar-refractivity contribution is 5.88. The molecule has 5 heteroatoms. The first-order valence-electron chi connectivity index (χ1n) is 7.40. The number of hydrogen-bond donors (Lipinski definition) is 1. The summed E-state index contributed by atoms with van der Waals surface area (Å²) in [6.07, 6.45) is 1.05. The number of nitrogens with zero attached hydrogens (tertiary/aromatic N) is 2. The van der Waals surface area contributed by atoms with Crippen LogP contribution in [0.1, 0.15) is 50.2 Å². The smallest absolute Gasteiger partial charge is 0.335 e. The Hall–Kier alpha value is -1.62. The topological polar surface area (TPSA) is 62.7 Å². The predicted molar refractivity (Wildman–Crippen MR) is 82.1 cm³/mol. The van der Waals surface area contributed by atoms with Crippen molar-refractivity contribution in [3.05, 3.63) is 23.4 Å². The molecule has 1 N–H and O–H groups in total. The van der Waals surface area contributed by atoms with Gasteiger partial charge >= 0.3 is 5.97 Å². The normalized spacial score (nSPS) is 20.2. The zero-order valence-corrected chi connectivity index (χ0v) is 13.2. The molecule has 0 aromatic carbocycles. The van der Waals surface area contributed by atoms with Crippen LogP contribution in [0.3, 0.4) is 0 Å². The lowest BCUT2D eigenvalue weighted by Crippen LogP contribution is -2.31. The minimum absolute atomic E-state index is 0.126. The Morgan fingerprint density at radius 3 is 2.76 bits per heavy atom. The van der Waals surface area contributed by atoms with Gasteiger partial charge in [0, 0.05) is 30.8 Å². The highest BCUT2D eigenvalue weighted by Gasteiger charge is 2.22. The third-order valence-corrected chi connectivity index (χ3v) is 3.60. The Morgan fingerprint density at radius 1 is 1.43 bits per heavy atom. The molecule has 1 unspecified atom stereocenters. The number of aromatic carboxylic acids is 1. The molecule has 1 aliphatic heterocycles. The van der Waals surface area contributed by atoms with Gasteiger partial charge in [-0.05, 0) is 25.5 Å². The molecule has 1 aromatic rings. The van der Waals surface area contributed by atoms with E-state index in [0.29, 0.717) is 5.56 Å². The minimum atomic E-state index is -0.914. The molecule has 2 rings (SSSR count). The van der Waals surface area contributed by atoms with Crippen molar-refractivity contribution in [2.45, 2.75) is 45.6 Å². The van der Waals surface area contributed by atoms with E-state index < -0.39 is 5.97 Å². The number of rotatable bonds is 2. The van der Waals surface area contributed by atoms with Gasteiger partial charge in [0.2, 0.25) is 0 Å². The molecule has 0 amide bonds. The Kier molecular flexibility index (Phi) is 4.52. The van der Waals surface area contributed by atoms with E-state index >= 15 is 0 Å². The lowest BCUT2D eigenvalue weighted by Gasteiger charge is -2.26. The molecule has 5 nitrogen and oxygen atoms in total. The molecule has 0 bridgehead atoms. The molecule has 0 spiro atoms. The van der Waals surface area contributed by atoms with E-state index in [0.717, 1.165) is 37.6 Å². The van der Waals surface area contributed by atoms with Gasteiger partial charge in [0.15, 0.2) is 0 Å². The van der Waals surface area contributed by atoms with Crippen LogP contribution < -0.4 is 4.90 Å². The summed E-state index contributed by atoms with van der Waals surface area (Å²) >= 11 is 0. The van der Waals surface area contributed by atoms with Crippen LogP contribution in [0.5, 0.6) is 0 Å². The first kappa shape index (κ1) is 15.8. The van der Waals surface area contributed by atoms with Gasteiger partial charge in [-0.3, -0.25) is 0 Å². The Bertz CT molecular complexity index is 523. The zero-order valence-electron chi connectivity index (χ0n) is 13.2. The fourth-order valence-corrected chi connectivity index (χ4v) is 2.39. The molecule has 1 atom stereocenters. The average molecular weight is 292 g/mol. The molecule has 1 saturated heterocycles. The fraction of sp³-hybridized carbons (Fsp3) is 0.625. The Morgan fingerprint density at radius 2 is 2.14 bits per heavy atom. The summed E-state index contributed by atoms with van der Waals surface area (Å²) < 4.78 is 5.64. The molecule has 1 fully saturated rings. The van der Waals surface area contributed by atoms with E-state index in [2.05, 4.69) is 4.90 Å². The number of pyridine rings is 1. The Labute approximate surface area is 125 Å². The monoisotopic (exact) mass is 292 g/mol. The first-order valence-corrected chi connectivity index (χ1v) is 7.40. The lowest BCUT2D eigenvalue weighted by molar-refractivity contribution is 0.0696. The molecule has 21 heavy (non-hydrogen) atoms. The number of carboxylic acid groups (broad SMARTS) is 1. The van der Waals surface area contributed by atoms with Crippen molar-refractivity contribution in [3.63, 3.8) is 0 Å². The van der Waals surface area contributed by atoms with Crippen LogP contribution in [0.4, 0.5) is 5.82 Å². The number of carbonyl (C=O) groups is 1. The maximum atomic E-state index is 11.4. The number of hydrogen-bond acceptors (Lipinski definition) is 4. The summed E-state index contributed by atoms with van der Waals surface area (Å²) in [6.45, 7) is 10.5. The molecule has 0 saturated carbocycles. The minimum Gasteiger partial charge on any atom is -0.478 e. The number of ether oxygens (including phenoxy) is 1. The second kappa shape index (κ2) is 6.02. The van der Waals surface area contributed by atoms with Gasteiger partial charge < -0.3 is 14.7 Å². The second-order valence-electron chi connectivity index (χ2n) is 6.64. The van der Waals surface area contributed by atoms with Crippen molar-refractivity contribution in [2.24, 2.45) is 0 Å². The van der Waals surface area contributed by atoms with Crippen molar-refractivity contribution in [3.8, 4) is 0 Å². The summed E-state index contributed by atoms with van der Waals surface area (Å²) in [7, 11) is 0. The van der Waals surface area contributed by atoms with Crippen molar-refractivity contribution in [1.82, 2.24) is 4.98 Å². The second-order valence-corrected chi connectivity index (χ2v) is 6.64. The highest BCUT2D eigenvalue weighted by atomic mass is 16.5. The number of carboxylic acids is 1. The van der Waals surface area contributed by atoms with Crippen LogP contribution in [0.15, 0.2) is 12.1 Å². The standard InChI is InChI=1S/C16H24N2O3/c1-11-10-18(6-5-7-21-11)14-9-12(15(19)20)8-13(17-14)16(2,3)4/h8-9,11H,5-7,10H2,1-4H3,(H,19,20). The lowest BCUT2D eigenvalue weighted by atomic mass is 9.90. The van der Waals surface area contributed by atoms with Gasteiger partial charge in [0.05, 0.1) is 11.7 Å². The van der Waals surface area contributed by atoms with Crippen molar-refractivity contribution < 1.29 is 14.6 Å². The van der Waals surface area contributed by atoms with Crippen LogP contribution in [0.25, 0.3) is 0 Å². The van der Waals surface area contributed by atoms with Crippen LogP contribution >= 0.6 is 0 Å². The molecule has 1 aromatic heterocycles. The maximum absolute atomic E-state index is 11.4. The fourth-order valence-electron chi connectivity index (χ4n) is 2.39. The van der Waals surface area contributed by atoms with Crippen LogP contribution in [0.2, 0.25) is 0 Å². The van der Waals surface area contributed by atoms with Gasteiger partial charge in [-0.25, -0.2) is 9.78 Å². The summed E-state index contributed by atoms with van der Waals surface area (Å²) in [4.78, 5) is 18.2. The van der Waals surface area contributed by atoms with Crippen molar-refractivity contribution >= 4 is 11.8 Å². The largest absolute Gasteiger partial charge is 0.478 e. The summed E-state index contributed by atoms with van der Waals surface area (Å²) in [5.41, 5.74) is 0.909. The molecular formula is C16H24N2O3. The van der Waals surface area contributed by atoms with E-state index in [1.807, 2.05) is 27.7 Å². The van der Waals surface area contributed by atoms with E-state index in [9.17, 15) is 9.90 Å². The SMILES string of the molecule is CC1CN(c2cc(C(=O)O)cc(C(C)(C)C)n2)CCCO1. The number of aromatic nitrogens is 1. The molecule has 1 aliphatic rings. The molecular weight excluding hydrogens is 268 g/mol.